The van der Waals surface area contributed by atoms with Crippen molar-refractivity contribution in [2.75, 3.05) is 27.7 Å². The molecule has 1 aliphatic carbocycles. The smallest absolute Gasteiger partial charge is 0.191 e. The first kappa shape index (κ1) is 21.7. The highest BCUT2D eigenvalue weighted by atomic mass is 127. The van der Waals surface area contributed by atoms with E-state index >= 15 is 0 Å². The highest BCUT2D eigenvalue weighted by molar-refractivity contribution is 14.0. The molecule has 0 spiro atoms. The monoisotopic (exact) mass is 478 g/mol. The summed E-state index contributed by atoms with van der Waals surface area (Å²) in [5.41, 5.74) is 4.32. The van der Waals surface area contributed by atoms with Gasteiger partial charge in [-0.15, -0.1) is 24.0 Å². The third-order valence-corrected chi connectivity index (χ3v) is 5.01. The molecule has 0 aromatic heterocycles. The molecule has 0 bridgehead atoms. The van der Waals surface area contributed by atoms with Crippen LogP contribution in [0, 0.1) is 0 Å². The molecule has 0 unspecified atom stereocenters. The number of aliphatic imine (C=N–C) groups is 1. The molecule has 0 heterocycles. The van der Waals surface area contributed by atoms with Crippen molar-refractivity contribution in [2.24, 2.45) is 4.99 Å². The quantitative estimate of drug-likeness (QED) is 0.362. The van der Waals surface area contributed by atoms with E-state index in [9.17, 15) is 0 Å². The fourth-order valence-electron chi connectivity index (χ4n) is 3.37. The van der Waals surface area contributed by atoms with Crippen molar-refractivity contribution in [3.8, 4) is 0 Å². The van der Waals surface area contributed by atoms with Crippen molar-refractivity contribution in [3.63, 3.8) is 0 Å². The summed E-state index contributed by atoms with van der Waals surface area (Å²) in [7, 11) is 6.02. The van der Waals surface area contributed by atoms with Gasteiger partial charge in [-0.25, -0.2) is 0 Å². The molecule has 0 radical (unpaired) electrons. The van der Waals surface area contributed by atoms with Crippen LogP contribution in [0.5, 0.6) is 0 Å². The second-order valence-corrected chi connectivity index (χ2v) is 7.48. The van der Waals surface area contributed by atoms with Crippen LogP contribution < -0.4 is 10.6 Å². The first-order valence-corrected chi connectivity index (χ1v) is 9.34. The molecule has 1 aliphatic rings. The Kier molecular flexibility index (Phi) is 8.10. The predicted octanol–water partition coefficient (Wildman–Crippen LogP) is 3.76. The molecule has 5 heteroatoms. The van der Waals surface area contributed by atoms with Gasteiger partial charge in [0.1, 0.15) is 0 Å². The van der Waals surface area contributed by atoms with E-state index in [2.05, 4.69) is 89.2 Å². The fourth-order valence-corrected chi connectivity index (χ4v) is 3.37. The Morgan fingerprint density at radius 1 is 1.00 bits per heavy atom. The van der Waals surface area contributed by atoms with Gasteiger partial charge in [-0.05, 0) is 43.6 Å². The third kappa shape index (κ3) is 6.21. The van der Waals surface area contributed by atoms with Crippen LogP contribution in [0.15, 0.2) is 59.6 Å². The first-order valence-electron chi connectivity index (χ1n) is 9.34. The van der Waals surface area contributed by atoms with Crippen molar-refractivity contribution in [3.05, 3.63) is 71.3 Å². The number of nitrogens with zero attached hydrogens (tertiary/aromatic N) is 2. The topological polar surface area (TPSA) is 39.7 Å². The maximum atomic E-state index is 4.38. The fraction of sp³-hybridized carbons (Fsp3) is 0.409. The normalized spacial score (nSPS) is 15.2. The van der Waals surface area contributed by atoms with Crippen molar-refractivity contribution >= 4 is 29.9 Å². The van der Waals surface area contributed by atoms with Crippen LogP contribution in [-0.4, -0.2) is 38.5 Å². The average molecular weight is 478 g/mol. The number of benzene rings is 2. The van der Waals surface area contributed by atoms with Crippen LogP contribution in [0.4, 0.5) is 0 Å². The number of rotatable bonds is 7. The summed E-state index contributed by atoms with van der Waals surface area (Å²) in [6, 6.07) is 19.5. The summed E-state index contributed by atoms with van der Waals surface area (Å²) < 4.78 is 0. The second-order valence-electron chi connectivity index (χ2n) is 7.48. The zero-order valence-corrected chi connectivity index (χ0v) is 18.9. The highest BCUT2D eigenvalue weighted by Crippen LogP contribution is 2.47. The predicted molar refractivity (Wildman–Crippen MR) is 125 cm³/mol. The van der Waals surface area contributed by atoms with E-state index < -0.39 is 0 Å². The van der Waals surface area contributed by atoms with E-state index in [0.29, 0.717) is 0 Å². The molecule has 1 fully saturated rings. The van der Waals surface area contributed by atoms with Crippen molar-refractivity contribution in [2.45, 2.75) is 31.3 Å². The first-order chi connectivity index (χ1) is 12.6. The van der Waals surface area contributed by atoms with Gasteiger partial charge in [0, 0.05) is 32.1 Å². The molecular formula is C22H31IN4. The van der Waals surface area contributed by atoms with Crippen LogP contribution in [0.2, 0.25) is 0 Å². The summed E-state index contributed by atoms with van der Waals surface area (Å²) in [6.07, 6.45) is 2.49. The van der Waals surface area contributed by atoms with Crippen LogP contribution in [0.25, 0.3) is 0 Å². The van der Waals surface area contributed by atoms with Crippen LogP contribution >= 0.6 is 24.0 Å². The number of hydrogen-bond acceptors (Lipinski definition) is 2. The minimum absolute atomic E-state index is 0. The van der Waals surface area contributed by atoms with E-state index in [1.807, 2.05) is 7.05 Å². The van der Waals surface area contributed by atoms with Gasteiger partial charge in [-0.3, -0.25) is 4.99 Å². The molecule has 2 aromatic rings. The van der Waals surface area contributed by atoms with E-state index in [1.165, 1.54) is 29.5 Å². The Bertz CT molecular complexity index is 739. The van der Waals surface area contributed by atoms with E-state index in [-0.39, 0.29) is 29.4 Å². The third-order valence-electron chi connectivity index (χ3n) is 5.01. The van der Waals surface area contributed by atoms with E-state index in [1.54, 1.807) is 0 Å². The molecule has 0 amide bonds. The summed E-state index contributed by atoms with van der Waals surface area (Å²) in [5.74, 6) is 0.866. The Hall–Kier alpha value is -1.60. The molecule has 146 valence electrons. The summed E-state index contributed by atoms with van der Waals surface area (Å²) in [4.78, 5) is 6.57. The summed E-state index contributed by atoms with van der Waals surface area (Å²) in [5, 5.41) is 6.96. The SMILES string of the molecule is CN=C(NCc1cccc(CN(C)C)c1)NCC1(c2ccccc2)CC1.I. The zero-order chi connectivity index (χ0) is 18.4. The van der Waals surface area contributed by atoms with Crippen molar-refractivity contribution in [1.82, 2.24) is 15.5 Å². The second kappa shape index (κ2) is 10.1. The molecule has 0 aliphatic heterocycles. The van der Waals surface area contributed by atoms with Gasteiger partial charge < -0.3 is 15.5 Å². The summed E-state index contributed by atoms with van der Waals surface area (Å²) >= 11 is 0. The van der Waals surface area contributed by atoms with Crippen LogP contribution in [-0.2, 0) is 18.5 Å². The molecule has 0 atom stereocenters. The van der Waals surface area contributed by atoms with Gasteiger partial charge >= 0.3 is 0 Å². The Balaban J connectivity index is 0.00000261. The molecule has 2 N–H and O–H groups in total. The molecule has 1 saturated carbocycles. The van der Waals surface area contributed by atoms with Gasteiger partial charge in [0.15, 0.2) is 5.96 Å². The van der Waals surface area contributed by atoms with Crippen LogP contribution in [0.3, 0.4) is 0 Å². The lowest BCUT2D eigenvalue weighted by Crippen LogP contribution is -2.40. The molecule has 3 rings (SSSR count). The van der Waals surface area contributed by atoms with E-state index in [0.717, 1.165) is 25.6 Å². The Morgan fingerprint density at radius 3 is 2.33 bits per heavy atom. The number of hydrogen-bond donors (Lipinski definition) is 2. The Morgan fingerprint density at radius 2 is 1.70 bits per heavy atom. The van der Waals surface area contributed by atoms with Gasteiger partial charge in [0.05, 0.1) is 0 Å². The minimum Gasteiger partial charge on any atom is -0.356 e. The minimum atomic E-state index is 0. The van der Waals surface area contributed by atoms with E-state index in [4.69, 9.17) is 0 Å². The summed E-state index contributed by atoms with van der Waals surface area (Å²) in [6.45, 7) is 2.66. The lowest BCUT2D eigenvalue weighted by molar-refractivity contribution is 0.402. The molecule has 4 nitrogen and oxygen atoms in total. The molecule has 0 saturated heterocycles. The largest absolute Gasteiger partial charge is 0.356 e. The molecule has 2 aromatic carbocycles. The maximum absolute atomic E-state index is 4.38. The molecule has 27 heavy (non-hydrogen) atoms. The van der Waals surface area contributed by atoms with Crippen molar-refractivity contribution in [1.29, 1.82) is 0 Å². The van der Waals surface area contributed by atoms with Gasteiger partial charge in [0.2, 0.25) is 0 Å². The van der Waals surface area contributed by atoms with Crippen molar-refractivity contribution < 1.29 is 0 Å². The standard InChI is InChI=1S/C22H30N4.HI/c1-23-21(24-15-18-8-7-9-19(14-18)16-26(2)3)25-17-22(12-13-22)20-10-5-4-6-11-20;/h4-11,14H,12-13,15-17H2,1-3H3,(H2,23,24,25);1H. The maximum Gasteiger partial charge on any atom is 0.191 e. The average Bonchev–Trinajstić information content (AvgIpc) is 3.44. The van der Waals surface area contributed by atoms with Crippen LogP contribution in [0.1, 0.15) is 29.5 Å². The Labute approximate surface area is 180 Å². The van der Waals surface area contributed by atoms with Gasteiger partial charge in [-0.1, -0.05) is 54.6 Å². The highest BCUT2D eigenvalue weighted by Gasteiger charge is 2.43. The molecular weight excluding hydrogens is 447 g/mol. The van der Waals surface area contributed by atoms with Gasteiger partial charge in [0.25, 0.3) is 0 Å². The van der Waals surface area contributed by atoms with Gasteiger partial charge in [-0.2, -0.15) is 0 Å². The number of guanidine groups is 1. The number of halogens is 1. The number of nitrogens with one attached hydrogen (secondary N) is 2. The lowest BCUT2D eigenvalue weighted by Gasteiger charge is -2.19. The lowest BCUT2D eigenvalue weighted by atomic mass is 9.96. The zero-order valence-electron chi connectivity index (χ0n) is 16.5.